The van der Waals surface area contributed by atoms with Crippen LogP contribution in [0.1, 0.15) is 5.56 Å². The van der Waals surface area contributed by atoms with Crippen LogP contribution in [0.3, 0.4) is 0 Å². The minimum absolute atomic E-state index is 0.0236. The van der Waals surface area contributed by atoms with E-state index < -0.39 is 22.5 Å². The highest BCUT2D eigenvalue weighted by molar-refractivity contribution is 7.92. The molecule has 3 rings (SSSR count). The summed E-state index contributed by atoms with van der Waals surface area (Å²) in [5.74, 6) is 0.222. The van der Waals surface area contributed by atoms with Crippen LogP contribution in [0.2, 0.25) is 5.02 Å². The van der Waals surface area contributed by atoms with Crippen LogP contribution in [0.4, 0.5) is 5.69 Å². The molecule has 3 aromatic rings. The van der Waals surface area contributed by atoms with E-state index in [0.29, 0.717) is 16.5 Å². The quantitative estimate of drug-likeness (QED) is 0.509. The van der Waals surface area contributed by atoms with E-state index in [9.17, 15) is 13.2 Å². The van der Waals surface area contributed by atoms with Gasteiger partial charge < -0.3 is 14.8 Å². The van der Waals surface area contributed by atoms with Gasteiger partial charge in [-0.2, -0.15) is 0 Å². The molecule has 0 spiro atoms. The number of para-hydroxylation sites is 1. The lowest BCUT2D eigenvalue weighted by Gasteiger charge is -2.24. The Morgan fingerprint density at radius 2 is 1.59 bits per heavy atom. The topological polar surface area (TPSA) is 84.9 Å². The van der Waals surface area contributed by atoms with E-state index in [1.54, 1.807) is 54.6 Å². The minimum atomic E-state index is -4.08. The van der Waals surface area contributed by atoms with Crippen molar-refractivity contribution < 1.29 is 22.7 Å². The third-order valence-corrected chi connectivity index (χ3v) is 6.70. The summed E-state index contributed by atoms with van der Waals surface area (Å²) >= 11 is 5.88. The lowest BCUT2D eigenvalue weighted by atomic mass is 10.2. The normalized spacial score (nSPS) is 11.0. The summed E-state index contributed by atoms with van der Waals surface area (Å²) in [6, 6.07) is 19.8. The zero-order valence-electron chi connectivity index (χ0n) is 17.6. The van der Waals surface area contributed by atoms with Crippen LogP contribution in [0.15, 0.2) is 77.7 Å². The highest BCUT2D eigenvalue weighted by Crippen LogP contribution is 2.32. The van der Waals surface area contributed by atoms with E-state index in [4.69, 9.17) is 21.1 Å². The van der Waals surface area contributed by atoms with E-state index >= 15 is 0 Å². The lowest BCUT2D eigenvalue weighted by molar-refractivity contribution is -0.119. The first-order valence-electron chi connectivity index (χ1n) is 9.66. The maximum atomic E-state index is 13.5. The van der Waals surface area contributed by atoms with Crippen LogP contribution in [0, 0.1) is 0 Å². The number of methoxy groups -OCH3 is 2. The van der Waals surface area contributed by atoms with Crippen molar-refractivity contribution in [3.8, 4) is 11.5 Å². The molecule has 0 saturated carbocycles. The maximum Gasteiger partial charge on any atom is 0.264 e. The SMILES string of the molecule is COc1ccc(S(=O)(=O)N(CC(=O)NCc2ccc(Cl)cc2)c2ccccc2)cc1OC. The second-order valence-electron chi connectivity index (χ2n) is 6.77. The fourth-order valence-corrected chi connectivity index (χ4v) is 4.57. The Morgan fingerprint density at radius 3 is 2.22 bits per heavy atom. The van der Waals surface area contributed by atoms with Crippen LogP contribution in [0.5, 0.6) is 11.5 Å². The number of hydrogen-bond acceptors (Lipinski definition) is 5. The molecular formula is C23H23ClN2O5S. The van der Waals surface area contributed by atoms with Crippen molar-refractivity contribution in [3.63, 3.8) is 0 Å². The molecule has 3 aromatic carbocycles. The Kier molecular flexibility index (Phi) is 7.61. The molecule has 0 saturated heterocycles. The molecule has 0 heterocycles. The lowest BCUT2D eigenvalue weighted by Crippen LogP contribution is -2.40. The molecule has 0 aliphatic heterocycles. The van der Waals surface area contributed by atoms with E-state index in [1.807, 2.05) is 0 Å². The van der Waals surface area contributed by atoms with Crippen molar-refractivity contribution in [2.45, 2.75) is 11.4 Å². The van der Waals surface area contributed by atoms with Gasteiger partial charge in [-0.15, -0.1) is 0 Å². The minimum Gasteiger partial charge on any atom is -0.493 e. The van der Waals surface area contributed by atoms with Crippen molar-refractivity contribution in [2.75, 3.05) is 25.1 Å². The van der Waals surface area contributed by atoms with E-state index in [1.165, 1.54) is 32.4 Å². The predicted molar refractivity (Wildman–Crippen MR) is 124 cm³/mol. The van der Waals surface area contributed by atoms with E-state index in [2.05, 4.69) is 5.32 Å². The van der Waals surface area contributed by atoms with Gasteiger partial charge in [0.15, 0.2) is 11.5 Å². The van der Waals surface area contributed by atoms with Crippen molar-refractivity contribution in [2.24, 2.45) is 0 Å². The first-order valence-corrected chi connectivity index (χ1v) is 11.5. The van der Waals surface area contributed by atoms with Gasteiger partial charge in [0.1, 0.15) is 6.54 Å². The van der Waals surface area contributed by atoms with Crippen LogP contribution in [-0.2, 0) is 21.4 Å². The summed E-state index contributed by atoms with van der Waals surface area (Å²) in [4.78, 5) is 12.7. The summed E-state index contributed by atoms with van der Waals surface area (Å²) in [6.45, 7) is -0.149. The van der Waals surface area contributed by atoms with Crippen molar-refractivity contribution in [1.29, 1.82) is 0 Å². The zero-order valence-corrected chi connectivity index (χ0v) is 19.2. The molecule has 168 valence electrons. The molecule has 0 atom stereocenters. The monoisotopic (exact) mass is 474 g/mol. The average Bonchev–Trinajstić information content (AvgIpc) is 2.82. The molecule has 7 nitrogen and oxygen atoms in total. The predicted octanol–water partition coefficient (Wildman–Crippen LogP) is 3.87. The number of anilines is 1. The molecule has 32 heavy (non-hydrogen) atoms. The third kappa shape index (κ3) is 5.52. The Balaban J connectivity index is 1.87. The summed E-state index contributed by atoms with van der Waals surface area (Å²) in [5, 5.41) is 3.34. The first-order chi connectivity index (χ1) is 15.3. The average molecular weight is 475 g/mol. The number of sulfonamides is 1. The number of carbonyl (C=O) groups excluding carboxylic acids is 1. The second-order valence-corrected chi connectivity index (χ2v) is 9.07. The Labute approximate surface area is 192 Å². The first kappa shape index (κ1) is 23.4. The van der Waals surface area contributed by atoms with Gasteiger partial charge in [0.2, 0.25) is 5.91 Å². The Morgan fingerprint density at radius 1 is 0.938 bits per heavy atom. The van der Waals surface area contributed by atoms with Crippen LogP contribution >= 0.6 is 11.6 Å². The Bertz CT molecular complexity index is 1170. The number of hydrogen-bond donors (Lipinski definition) is 1. The maximum absolute atomic E-state index is 13.5. The summed E-state index contributed by atoms with van der Waals surface area (Å²) in [5.41, 5.74) is 1.21. The molecular weight excluding hydrogens is 452 g/mol. The molecule has 0 aliphatic rings. The van der Waals surface area contributed by atoms with Gasteiger partial charge >= 0.3 is 0 Å². The van der Waals surface area contributed by atoms with Crippen LogP contribution < -0.4 is 19.1 Å². The number of rotatable bonds is 9. The second kappa shape index (κ2) is 10.4. The van der Waals surface area contributed by atoms with Gasteiger partial charge in [0, 0.05) is 17.6 Å². The fourth-order valence-electron chi connectivity index (χ4n) is 3.00. The zero-order chi connectivity index (χ0) is 23.1. The summed E-state index contributed by atoms with van der Waals surface area (Å²) < 4.78 is 38.5. The number of amides is 1. The summed E-state index contributed by atoms with van der Waals surface area (Å²) in [6.07, 6.45) is 0. The molecule has 0 radical (unpaired) electrons. The van der Waals surface area contributed by atoms with E-state index in [0.717, 1.165) is 9.87 Å². The van der Waals surface area contributed by atoms with Crippen molar-refractivity contribution in [1.82, 2.24) is 5.32 Å². The molecule has 0 aromatic heterocycles. The molecule has 0 fully saturated rings. The van der Waals surface area contributed by atoms with Gasteiger partial charge in [0.05, 0.1) is 24.8 Å². The Hall–Kier alpha value is -3.23. The molecule has 0 unspecified atom stereocenters. The van der Waals surface area contributed by atoms with Gasteiger partial charge in [0.25, 0.3) is 10.0 Å². The number of carbonyl (C=O) groups is 1. The molecule has 0 bridgehead atoms. The molecule has 1 N–H and O–H groups in total. The van der Waals surface area contributed by atoms with Crippen molar-refractivity contribution in [3.05, 3.63) is 83.4 Å². The third-order valence-electron chi connectivity index (χ3n) is 4.68. The molecule has 9 heteroatoms. The van der Waals surface area contributed by atoms with Crippen LogP contribution in [0.25, 0.3) is 0 Å². The largest absolute Gasteiger partial charge is 0.493 e. The number of benzene rings is 3. The number of nitrogens with zero attached hydrogens (tertiary/aromatic N) is 1. The van der Waals surface area contributed by atoms with Crippen molar-refractivity contribution >= 4 is 33.2 Å². The number of halogens is 1. The molecule has 0 aliphatic carbocycles. The van der Waals surface area contributed by atoms with Gasteiger partial charge in [-0.25, -0.2) is 8.42 Å². The smallest absolute Gasteiger partial charge is 0.264 e. The highest BCUT2D eigenvalue weighted by atomic mass is 35.5. The number of nitrogens with one attached hydrogen (secondary N) is 1. The van der Waals surface area contributed by atoms with Gasteiger partial charge in [-0.05, 0) is 42.0 Å². The standard InChI is InChI=1S/C23H23ClN2O5S/c1-30-21-13-12-20(14-22(21)31-2)32(28,29)26(19-6-4-3-5-7-19)16-23(27)25-15-17-8-10-18(24)11-9-17/h3-14H,15-16H2,1-2H3,(H,25,27). The van der Waals surface area contributed by atoms with Gasteiger partial charge in [-0.1, -0.05) is 41.9 Å². The number of ether oxygens (including phenoxy) is 2. The fraction of sp³-hybridized carbons (Fsp3) is 0.174. The molecule has 1 amide bonds. The van der Waals surface area contributed by atoms with Crippen LogP contribution in [-0.4, -0.2) is 35.1 Å². The van der Waals surface area contributed by atoms with Gasteiger partial charge in [-0.3, -0.25) is 9.10 Å². The summed E-state index contributed by atoms with van der Waals surface area (Å²) in [7, 11) is -1.19. The highest BCUT2D eigenvalue weighted by Gasteiger charge is 2.28. The van der Waals surface area contributed by atoms with E-state index in [-0.39, 0.29) is 17.2 Å².